The highest BCUT2D eigenvalue weighted by molar-refractivity contribution is 5.92. The summed E-state index contributed by atoms with van der Waals surface area (Å²) in [5.74, 6) is 0.875. The summed E-state index contributed by atoms with van der Waals surface area (Å²) in [6.45, 7) is 1.94. The van der Waals surface area contributed by atoms with Crippen LogP contribution in [0.5, 0.6) is 0 Å². The van der Waals surface area contributed by atoms with Crippen LogP contribution in [0.2, 0.25) is 0 Å². The number of guanidine groups is 1. The van der Waals surface area contributed by atoms with Crippen LogP contribution in [0.4, 0.5) is 5.69 Å². The number of nitrogens with zero attached hydrogens (tertiary/aromatic N) is 2. The molecule has 0 fully saturated rings. The van der Waals surface area contributed by atoms with Gasteiger partial charge in [-0.3, -0.25) is 4.79 Å². The summed E-state index contributed by atoms with van der Waals surface area (Å²) in [6.07, 6.45) is 5.01. The molecule has 1 aliphatic rings. The molecule has 2 aromatic rings. The molecule has 6 nitrogen and oxygen atoms in total. The molecule has 22 heavy (non-hydrogen) atoms. The lowest BCUT2D eigenvalue weighted by atomic mass is 10.1. The zero-order chi connectivity index (χ0) is 15.5. The number of H-pyrrole nitrogens is 1. The van der Waals surface area contributed by atoms with E-state index in [9.17, 15) is 4.79 Å². The van der Waals surface area contributed by atoms with E-state index < -0.39 is 0 Å². The molecule has 0 radical (unpaired) electrons. The van der Waals surface area contributed by atoms with Gasteiger partial charge in [0.25, 0.3) is 5.56 Å². The second-order valence-electron chi connectivity index (χ2n) is 5.49. The van der Waals surface area contributed by atoms with Gasteiger partial charge in [0.15, 0.2) is 5.96 Å². The van der Waals surface area contributed by atoms with Crippen LogP contribution < -0.4 is 16.6 Å². The Bertz CT molecular complexity index is 778. The Balaban J connectivity index is 1.68. The van der Waals surface area contributed by atoms with Crippen LogP contribution >= 0.6 is 0 Å². The number of aliphatic imine (C=N–C) groups is 1. The summed E-state index contributed by atoms with van der Waals surface area (Å²) in [4.78, 5) is 22.6. The summed E-state index contributed by atoms with van der Waals surface area (Å²) in [6, 6.07) is 6.25. The van der Waals surface area contributed by atoms with Gasteiger partial charge < -0.3 is 16.0 Å². The fraction of sp³-hybridized carbons (Fsp3) is 0.312. The summed E-state index contributed by atoms with van der Waals surface area (Å²) >= 11 is 0. The second kappa shape index (κ2) is 6.01. The van der Waals surface area contributed by atoms with E-state index in [0.29, 0.717) is 11.4 Å². The zero-order valence-electron chi connectivity index (χ0n) is 12.5. The molecular weight excluding hydrogens is 278 g/mol. The summed E-state index contributed by atoms with van der Waals surface area (Å²) in [5, 5.41) is 3.07. The first-order chi connectivity index (χ1) is 10.6. The number of aryl methyl sites for hydroxylation is 3. The maximum Gasteiger partial charge on any atom is 0.255 e. The summed E-state index contributed by atoms with van der Waals surface area (Å²) in [7, 11) is 0. The van der Waals surface area contributed by atoms with Gasteiger partial charge in [-0.25, -0.2) is 9.98 Å². The number of nitrogens with one attached hydrogen (secondary N) is 2. The van der Waals surface area contributed by atoms with Crippen molar-refractivity contribution < 1.29 is 0 Å². The molecule has 0 saturated heterocycles. The first-order valence-corrected chi connectivity index (χ1v) is 7.35. The van der Waals surface area contributed by atoms with Crippen LogP contribution in [0.15, 0.2) is 34.2 Å². The second-order valence-corrected chi connectivity index (χ2v) is 5.49. The number of benzene rings is 1. The van der Waals surface area contributed by atoms with E-state index in [0.717, 1.165) is 18.5 Å². The molecular formula is C16H19N5O. The molecule has 0 spiro atoms. The number of aromatic amines is 1. The third-order valence-electron chi connectivity index (χ3n) is 3.79. The first kappa shape index (κ1) is 14.3. The standard InChI is InChI=1S/C16H19N5O/c1-10-18-8-13(15(22)20-10)9-19-16(17)21-14-6-5-11-3-2-4-12(11)7-14/h5-8H,2-4,9H2,1H3,(H3,17,19,21)(H,18,20,22). The third-order valence-corrected chi connectivity index (χ3v) is 3.79. The Morgan fingerprint density at radius 1 is 1.41 bits per heavy atom. The van der Waals surface area contributed by atoms with Gasteiger partial charge in [0.2, 0.25) is 0 Å². The predicted octanol–water partition coefficient (Wildman–Crippen LogP) is 1.49. The third kappa shape index (κ3) is 3.16. The van der Waals surface area contributed by atoms with Gasteiger partial charge >= 0.3 is 0 Å². The Kier molecular flexibility index (Phi) is 3.91. The molecule has 0 bridgehead atoms. The van der Waals surface area contributed by atoms with Crippen LogP contribution in [-0.4, -0.2) is 15.9 Å². The first-order valence-electron chi connectivity index (χ1n) is 7.35. The molecule has 0 saturated carbocycles. The number of hydrogen-bond donors (Lipinski definition) is 3. The number of rotatable bonds is 3. The lowest BCUT2D eigenvalue weighted by Gasteiger charge is -2.08. The highest BCUT2D eigenvalue weighted by Crippen LogP contribution is 2.24. The monoisotopic (exact) mass is 297 g/mol. The average molecular weight is 297 g/mol. The summed E-state index contributed by atoms with van der Waals surface area (Å²) < 4.78 is 0. The van der Waals surface area contributed by atoms with Gasteiger partial charge in [0, 0.05) is 11.9 Å². The van der Waals surface area contributed by atoms with E-state index in [-0.39, 0.29) is 18.1 Å². The molecule has 0 amide bonds. The highest BCUT2D eigenvalue weighted by Gasteiger charge is 2.10. The van der Waals surface area contributed by atoms with Gasteiger partial charge in [-0.1, -0.05) is 6.07 Å². The van der Waals surface area contributed by atoms with Gasteiger partial charge in [-0.05, 0) is 49.4 Å². The van der Waals surface area contributed by atoms with Crippen molar-refractivity contribution in [1.82, 2.24) is 9.97 Å². The Labute approximate surface area is 128 Å². The van der Waals surface area contributed by atoms with Gasteiger partial charge in [0.1, 0.15) is 5.82 Å². The molecule has 0 unspecified atom stereocenters. The average Bonchev–Trinajstić information content (AvgIpc) is 2.94. The maximum absolute atomic E-state index is 11.7. The maximum atomic E-state index is 11.7. The molecule has 3 rings (SSSR count). The van der Waals surface area contributed by atoms with Crippen molar-refractivity contribution >= 4 is 11.6 Å². The van der Waals surface area contributed by atoms with Crippen LogP contribution in [0.3, 0.4) is 0 Å². The fourth-order valence-corrected chi connectivity index (χ4v) is 2.63. The lowest BCUT2D eigenvalue weighted by molar-refractivity contribution is 0.912. The Morgan fingerprint density at radius 2 is 2.23 bits per heavy atom. The van der Waals surface area contributed by atoms with Crippen molar-refractivity contribution in [3.05, 3.63) is 57.3 Å². The van der Waals surface area contributed by atoms with Gasteiger partial charge in [-0.15, -0.1) is 0 Å². The van der Waals surface area contributed by atoms with Crippen molar-refractivity contribution in [1.29, 1.82) is 0 Å². The van der Waals surface area contributed by atoms with Gasteiger partial charge in [0.05, 0.1) is 12.1 Å². The SMILES string of the molecule is Cc1ncc(CN=C(N)Nc2ccc3c(c2)CCC3)c(=O)[nH]1. The Hall–Kier alpha value is -2.63. The minimum absolute atomic E-state index is 0.179. The number of anilines is 1. The predicted molar refractivity (Wildman–Crippen MR) is 87.0 cm³/mol. The van der Waals surface area contributed by atoms with E-state index in [1.54, 1.807) is 6.92 Å². The molecule has 1 heterocycles. The van der Waals surface area contributed by atoms with Crippen LogP contribution in [0, 0.1) is 6.92 Å². The molecule has 1 aromatic heterocycles. The van der Waals surface area contributed by atoms with E-state index >= 15 is 0 Å². The number of aromatic nitrogens is 2. The molecule has 114 valence electrons. The highest BCUT2D eigenvalue weighted by atomic mass is 16.1. The van der Waals surface area contributed by atoms with E-state index in [1.165, 1.54) is 23.7 Å². The smallest absolute Gasteiger partial charge is 0.255 e. The van der Waals surface area contributed by atoms with Crippen LogP contribution in [0.1, 0.15) is 28.9 Å². The zero-order valence-corrected chi connectivity index (χ0v) is 12.5. The van der Waals surface area contributed by atoms with E-state index in [2.05, 4.69) is 32.4 Å². The van der Waals surface area contributed by atoms with Crippen molar-refractivity contribution in [3.8, 4) is 0 Å². The van der Waals surface area contributed by atoms with Crippen molar-refractivity contribution in [2.24, 2.45) is 10.7 Å². The topological polar surface area (TPSA) is 96.2 Å². The number of nitrogens with two attached hydrogens (primary N) is 1. The molecule has 0 aliphatic heterocycles. The normalized spacial score (nSPS) is 14.0. The molecule has 6 heteroatoms. The lowest BCUT2D eigenvalue weighted by Crippen LogP contribution is -2.23. The Morgan fingerprint density at radius 3 is 3.05 bits per heavy atom. The largest absolute Gasteiger partial charge is 0.370 e. The molecule has 1 aromatic carbocycles. The van der Waals surface area contributed by atoms with E-state index in [4.69, 9.17) is 5.73 Å². The fourth-order valence-electron chi connectivity index (χ4n) is 2.63. The van der Waals surface area contributed by atoms with Crippen molar-refractivity contribution in [3.63, 3.8) is 0 Å². The van der Waals surface area contributed by atoms with E-state index in [1.807, 2.05) is 6.07 Å². The van der Waals surface area contributed by atoms with Crippen molar-refractivity contribution in [2.75, 3.05) is 5.32 Å². The minimum atomic E-state index is -0.179. The summed E-state index contributed by atoms with van der Waals surface area (Å²) in [5.41, 5.74) is 9.91. The minimum Gasteiger partial charge on any atom is -0.370 e. The molecule has 0 atom stereocenters. The van der Waals surface area contributed by atoms with Crippen LogP contribution in [0.25, 0.3) is 0 Å². The molecule has 1 aliphatic carbocycles. The quantitative estimate of drug-likeness (QED) is 0.591. The number of fused-ring (bicyclic) bond motifs is 1. The van der Waals surface area contributed by atoms with Crippen molar-refractivity contribution in [2.45, 2.75) is 32.7 Å². The number of hydrogen-bond acceptors (Lipinski definition) is 3. The molecule has 4 N–H and O–H groups in total. The van der Waals surface area contributed by atoms with Gasteiger partial charge in [-0.2, -0.15) is 0 Å². The van der Waals surface area contributed by atoms with Crippen LogP contribution in [-0.2, 0) is 19.4 Å².